The summed E-state index contributed by atoms with van der Waals surface area (Å²) in [5, 5.41) is 7.41. The Bertz CT molecular complexity index is 467. The number of carbonyl (C=O) groups is 1. The summed E-state index contributed by atoms with van der Waals surface area (Å²) in [6, 6.07) is 3.28. The molecule has 2 aromatic rings. The van der Waals surface area contributed by atoms with Crippen LogP contribution < -0.4 is 0 Å². The number of pyridine rings is 1. The number of carbonyl (C=O) groups excluding carboxylic acids is 1. The van der Waals surface area contributed by atoms with Crippen LogP contribution in [-0.2, 0) is 4.74 Å². The Morgan fingerprint density at radius 3 is 3.00 bits per heavy atom. The maximum absolute atomic E-state index is 11.4. The Morgan fingerprint density at radius 2 is 2.33 bits per heavy atom. The smallest absolute Gasteiger partial charge is 0.341 e. The Labute approximate surface area is 85.5 Å². The summed E-state index contributed by atoms with van der Waals surface area (Å²) < 4.78 is 6.04. The molecule has 2 rings (SSSR count). The minimum absolute atomic E-state index is 0.352. The molecule has 76 valence electrons. The molecule has 0 bridgehead atoms. The number of hydrogen-bond donors (Lipinski definition) is 0. The van der Waals surface area contributed by atoms with Crippen LogP contribution in [0.4, 0.5) is 0 Å². The van der Waals surface area contributed by atoms with E-state index in [1.165, 1.54) is 18.0 Å². The van der Waals surface area contributed by atoms with Crippen LogP contribution in [0, 0.1) is 0 Å². The number of aromatic nitrogens is 4. The molecule has 0 atom stereocenters. The van der Waals surface area contributed by atoms with Crippen LogP contribution in [0.2, 0.25) is 0 Å². The second-order valence-electron chi connectivity index (χ2n) is 2.71. The molecule has 0 N–H and O–H groups in total. The molecule has 2 heterocycles. The summed E-state index contributed by atoms with van der Waals surface area (Å²) in [5.74, 6) is -0.0459. The van der Waals surface area contributed by atoms with E-state index in [1.54, 1.807) is 24.5 Å². The normalized spacial score (nSPS) is 9.93. The highest BCUT2D eigenvalue weighted by Gasteiger charge is 2.13. The van der Waals surface area contributed by atoms with Crippen molar-refractivity contribution in [1.82, 2.24) is 20.0 Å². The SMILES string of the molecule is COC(=O)c1cccnc1-n1ccnn1. The molecular weight excluding hydrogens is 196 g/mol. The highest BCUT2D eigenvalue weighted by Crippen LogP contribution is 2.10. The molecule has 0 spiro atoms. The molecule has 0 saturated heterocycles. The van der Waals surface area contributed by atoms with Crippen molar-refractivity contribution in [3.8, 4) is 5.82 Å². The molecule has 0 aliphatic rings. The van der Waals surface area contributed by atoms with E-state index in [-0.39, 0.29) is 0 Å². The second-order valence-corrected chi connectivity index (χ2v) is 2.71. The molecule has 0 amide bonds. The Balaban J connectivity index is 2.52. The highest BCUT2D eigenvalue weighted by molar-refractivity contribution is 5.92. The van der Waals surface area contributed by atoms with E-state index in [0.717, 1.165) is 0 Å². The lowest BCUT2D eigenvalue weighted by molar-refractivity contribution is 0.0600. The van der Waals surface area contributed by atoms with Crippen LogP contribution in [0.25, 0.3) is 5.82 Å². The molecule has 0 saturated carbocycles. The molecule has 0 aromatic carbocycles. The Kier molecular flexibility index (Phi) is 2.40. The van der Waals surface area contributed by atoms with Crippen molar-refractivity contribution in [2.45, 2.75) is 0 Å². The van der Waals surface area contributed by atoms with E-state index in [0.29, 0.717) is 11.4 Å². The van der Waals surface area contributed by atoms with Gasteiger partial charge in [0.15, 0.2) is 5.82 Å². The Morgan fingerprint density at radius 1 is 1.47 bits per heavy atom. The van der Waals surface area contributed by atoms with Crippen LogP contribution in [0.5, 0.6) is 0 Å². The average molecular weight is 204 g/mol. The lowest BCUT2D eigenvalue weighted by Gasteiger charge is -2.04. The quantitative estimate of drug-likeness (QED) is 0.664. The third-order valence-electron chi connectivity index (χ3n) is 1.83. The maximum Gasteiger partial charge on any atom is 0.341 e. The summed E-state index contributed by atoms with van der Waals surface area (Å²) in [4.78, 5) is 15.5. The molecule has 0 aliphatic heterocycles. The molecule has 0 aliphatic carbocycles. The van der Waals surface area contributed by atoms with Crippen molar-refractivity contribution in [2.24, 2.45) is 0 Å². The largest absolute Gasteiger partial charge is 0.465 e. The maximum atomic E-state index is 11.4. The number of rotatable bonds is 2. The van der Waals surface area contributed by atoms with Gasteiger partial charge >= 0.3 is 5.97 Å². The number of hydrogen-bond acceptors (Lipinski definition) is 5. The average Bonchev–Trinajstić information content (AvgIpc) is 2.81. The summed E-state index contributed by atoms with van der Waals surface area (Å²) in [7, 11) is 1.32. The summed E-state index contributed by atoms with van der Waals surface area (Å²) >= 11 is 0. The van der Waals surface area contributed by atoms with E-state index >= 15 is 0 Å². The van der Waals surface area contributed by atoms with Gasteiger partial charge in [0.05, 0.1) is 19.5 Å². The zero-order valence-electron chi connectivity index (χ0n) is 7.99. The fourth-order valence-corrected chi connectivity index (χ4v) is 1.17. The topological polar surface area (TPSA) is 69.9 Å². The van der Waals surface area contributed by atoms with E-state index in [9.17, 15) is 4.79 Å². The van der Waals surface area contributed by atoms with Crippen LogP contribution in [0.3, 0.4) is 0 Å². The van der Waals surface area contributed by atoms with Gasteiger partial charge in [-0.15, -0.1) is 5.10 Å². The zero-order valence-corrected chi connectivity index (χ0v) is 7.99. The third kappa shape index (κ3) is 1.69. The minimum atomic E-state index is -0.450. The predicted octanol–water partition coefficient (Wildman–Crippen LogP) is 0.449. The number of ether oxygens (including phenoxy) is 1. The van der Waals surface area contributed by atoms with Crippen molar-refractivity contribution < 1.29 is 9.53 Å². The minimum Gasteiger partial charge on any atom is -0.465 e. The van der Waals surface area contributed by atoms with Crippen molar-refractivity contribution in [2.75, 3.05) is 7.11 Å². The van der Waals surface area contributed by atoms with Crippen LogP contribution >= 0.6 is 0 Å². The van der Waals surface area contributed by atoms with E-state index in [4.69, 9.17) is 0 Å². The highest BCUT2D eigenvalue weighted by atomic mass is 16.5. The first kappa shape index (κ1) is 9.32. The Hall–Kier alpha value is -2.24. The van der Waals surface area contributed by atoms with Gasteiger partial charge in [-0.2, -0.15) is 0 Å². The van der Waals surface area contributed by atoms with E-state index in [2.05, 4.69) is 20.0 Å². The van der Waals surface area contributed by atoms with Gasteiger partial charge in [0, 0.05) is 6.20 Å². The predicted molar refractivity (Wildman–Crippen MR) is 50.5 cm³/mol. The first-order valence-electron chi connectivity index (χ1n) is 4.23. The van der Waals surface area contributed by atoms with E-state index in [1.807, 2.05) is 0 Å². The summed E-state index contributed by atoms with van der Waals surface area (Å²) in [6.45, 7) is 0. The van der Waals surface area contributed by atoms with E-state index < -0.39 is 5.97 Å². The number of methoxy groups -OCH3 is 1. The van der Waals surface area contributed by atoms with Gasteiger partial charge in [0.1, 0.15) is 5.56 Å². The first-order chi connectivity index (χ1) is 7.33. The van der Waals surface area contributed by atoms with Crippen molar-refractivity contribution >= 4 is 5.97 Å². The molecule has 2 aromatic heterocycles. The second kappa shape index (κ2) is 3.87. The van der Waals surface area contributed by atoms with Crippen molar-refractivity contribution in [1.29, 1.82) is 0 Å². The molecule has 0 fully saturated rings. The molecule has 0 unspecified atom stereocenters. The summed E-state index contributed by atoms with van der Waals surface area (Å²) in [6.07, 6.45) is 4.69. The van der Waals surface area contributed by atoms with Crippen LogP contribution in [0.1, 0.15) is 10.4 Å². The van der Waals surface area contributed by atoms with Crippen molar-refractivity contribution in [3.05, 3.63) is 36.3 Å². The molecule has 15 heavy (non-hydrogen) atoms. The van der Waals surface area contributed by atoms with Gasteiger partial charge in [-0.05, 0) is 12.1 Å². The van der Waals surface area contributed by atoms with Gasteiger partial charge in [0.2, 0.25) is 0 Å². The standard InChI is InChI=1S/C9H8N4O2/c1-15-9(14)7-3-2-4-10-8(7)13-6-5-11-12-13/h2-6H,1H3. The van der Waals surface area contributed by atoms with Crippen molar-refractivity contribution in [3.63, 3.8) is 0 Å². The first-order valence-corrected chi connectivity index (χ1v) is 4.23. The van der Waals surface area contributed by atoms with Gasteiger partial charge in [-0.25, -0.2) is 14.5 Å². The number of esters is 1. The fourth-order valence-electron chi connectivity index (χ4n) is 1.17. The zero-order chi connectivity index (χ0) is 10.7. The molecule has 6 nitrogen and oxygen atoms in total. The number of nitrogens with zero attached hydrogens (tertiary/aromatic N) is 4. The van der Waals surface area contributed by atoms with Gasteiger partial charge < -0.3 is 4.74 Å². The lowest BCUT2D eigenvalue weighted by atomic mass is 10.2. The van der Waals surface area contributed by atoms with Crippen LogP contribution in [0.15, 0.2) is 30.7 Å². The third-order valence-corrected chi connectivity index (χ3v) is 1.83. The van der Waals surface area contributed by atoms with Gasteiger partial charge in [0.25, 0.3) is 0 Å². The van der Waals surface area contributed by atoms with Crippen LogP contribution in [-0.4, -0.2) is 33.1 Å². The summed E-state index contributed by atoms with van der Waals surface area (Å²) in [5.41, 5.74) is 0.352. The van der Waals surface area contributed by atoms with Gasteiger partial charge in [-0.1, -0.05) is 5.21 Å². The molecular formula is C9H8N4O2. The monoisotopic (exact) mass is 204 g/mol. The molecule has 6 heteroatoms. The molecule has 0 radical (unpaired) electrons. The lowest BCUT2D eigenvalue weighted by Crippen LogP contribution is -2.10. The van der Waals surface area contributed by atoms with Gasteiger partial charge in [-0.3, -0.25) is 0 Å². The fraction of sp³-hybridized carbons (Fsp3) is 0.111.